The van der Waals surface area contributed by atoms with Crippen LogP contribution in [0.4, 0.5) is 0 Å². The van der Waals surface area contributed by atoms with E-state index in [1.165, 1.54) is 5.56 Å². The van der Waals surface area contributed by atoms with Gasteiger partial charge in [0.2, 0.25) is 5.91 Å². The second-order valence-corrected chi connectivity index (χ2v) is 6.53. The molecule has 2 rings (SSSR count). The molecule has 5 heteroatoms. The van der Waals surface area contributed by atoms with E-state index in [0.717, 1.165) is 12.2 Å². The molecule has 0 atom stereocenters. The highest BCUT2D eigenvalue weighted by Crippen LogP contribution is 2.14. The third-order valence-electron chi connectivity index (χ3n) is 4.24. The van der Waals surface area contributed by atoms with Gasteiger partial charge in [0, 0.05) is 30.9 Å². The Bertz CT molecular complexity index is 707. The van der Waals surface area contributed by atoms with Crippen molar-refractivity contribution in [2.75, 3.05) is 6.61 Å². The predicted molar refractivity (Wildman–Crippen MR) is 102 cm³/mol. The average Bonchev–Trinajstić information content (AvgIpc) is 3.05. The van der Waals surface area contributed by atoms with E-state index in [-0.39, 0.29) is 30.8 Å². The van der Waals surface area contributed by atoms with Gasteiger partial charge in [-0.15, -0.1) is 0 Å². The molecule has 1 aromatic heterocycles. The predicted octanol–water partition coefficient (Wildman–Crippen LogP) is 3.62. The number of rotatable bonds is 9. The molecule has 0 aliphatic rings. The molecule has 0 aliphatic carbocycles. The Kier molecular flexibility index (Phi) is 7.45. The van der Waals surface area contributed by atoms with Crippen molar-refractivity contribution in [3.8, 4) is 0 Å². The van der Waals surface area contributed by atoms with Gasteiger partial charge in [-0.3, -0.25) is 9.59 Å². The highest BCUT2D eigenvalue weighted by atomic mass is 16.5. The maximum Gasteiger partial charge on any atom is 0.306 e. The topological polar surface area (TPSA) is 51.5 Å². The van der Waals surface area contributed by atoms with Crippen LogP contribution in [-0.2, 0) is 27.4 Å². The zero-order valence-corrected chi connectivity index (χ0v) is 15.9. The van der Waals surface area contributed by atoms with Gasteiger partial charge in [0.25, 0.3) is 0 Å². The molecule has 0 unspecified atom stereocenters. The molecule has 1 heterocycles. The molecule has 0 aliphatic heterocycles. The molecule has 0 N–H and O–H groups in total. The lowest BCUT2D eigenvalue weighted by Crippen LogP contribution is -2.37. The standard InChI is InChI=1S/C21H28N2O3/c1-4-26-21(25)13-12-20(24)23(17(2)3)16-19-11-8-14-22(19)15-18-9-6-5-7-10-18/h5-11,14,17H,4,12-13,15-16H2,1-3H3. The minimum absolute atomic E-state index is 0.0273. The molecule has 1 aromatic carbocycles. The summed E-state index contributed by atoms with van der Waals surface area (Å²) in [6.45, 7) is 7.39. The summed E-state index contributed by atoms with van der Waals surface area (Å²) in [6.07, 6.45) is 2.33. The fourth-order valence-corrected chi connectivity index (χ4v) is 2.85. The summed E-state index contributed by atoms with van der Waals surface area (Å²) < 4.78 is 7.07. The number of esters is 1. The van der Waals surface area contributed by atoms with Crippen LogP contribution in [-0.4, -0.2) is 34.0 Å². The zero-order chi connectivity index (χ0) is 18.9. The van der Waals surface area contributed by atoms with Gasteiger partial charge >= 0.3 is 5.97 Å². The smallest absolute Gasteiger partial charge is 0.306 e. The molecular formula is C21H28N2O3. The Morgan fingerprint density at radius 3 is 2.46 bits per heavy atom. The van der Waals surface area contributed by atoms with E-state index in [1.807, 2.05) is 55.3 Å². The molecule has 2 aromatic rings. The zero-order valence-electron chi connectivity index (χ0n) is 15.9. The number of benzene rings is 1. The van der Waals surface area contributed by atoms with Crippen LogP contribution >= 0.6 is 0 Å². The normalized spacial score (nSPS) is 10.8. The molecule has 0 fully saturated rings. The first kappa shape index (κ1) is 19.8. The number of nitrogens with zero attached hydrogens (tertiary/aromatic N) is 2. The molecule has 26 heavy (non-hydrogen) atoms. The largest absolute Gasteiger partial charge is 0.466 e. The van der Waals surface area contributed by atoms with E-state index >= 15 is 0 Å². The second-order valence-electron chi connectivity index (χ2n) is 6.53. The molecule has 0 spiro atoms. The Balaban J connectivity index is 2.03. The summed E-state index contributed by atoms with van der Waals surface area (Å²) in [5.41, 5.74) is 2.29. The lowest BCUT2D eigenvalue weighted by atomic mass is 10.2. The van der Waals surface area contributed by atoms with Gasteiger partial charge in [-0.25, -0.2) is 0 Å². The molecular weight excluding hydrogens is 328 g/mol. The summed E-state index contributed by atoms with van der Waals surface area (Å²) in [4.78, 5) is 25.9. The second kappa shape index (κ2) is 9.80. The van der Waals surface area contributed by atoms with E-state index < -0.39 is 0 Å². The number of hydrogen-bond donors (Lipinski definition) is 0. The highest BCUT2D eigenvalue weighted by Gasteiger charge is 2.20. The minimum atomic E-state index is -0.322. The van der Waals surface area contributed by atoms with Crippen molar-refractivity contribution in [1.29, 1.82) is 0 Å². The number of carbonyl (C=O) groups is 2. The van der Waals surface area contributed by atoms with Crippen molar-refractivity contribution in [2.24, 2.45) is 0 Å². The Hall–Kier alpha value is -2.56. The number of amides is 1. The molecule has 140 valence electrons. The van der Waals surface area contributed by atoms with Crippen molar-refractivity contribution in [1.82, 2.24) is 9.47 Å². The van der Waals surface area contributed by atoms with Crippen LogP contribution in [0.5, 0.6) is 0 Å². The lowest BCUT2D eigenvalue weighted by Gasteiger charge is -2.27. The van der Waals surface area contributed by atoms with Gasteiger partial charge in [0.1, 0.15) is 0 Å². The summed E-state index contributed by atoms with van der Waals surface area (Å²) in [6, 6.07) is 14.3. The van der Waals surface area contributed by atoms with Gasteiger partial charge in [-0.1, -0.05) is 30.3 Å². The van der Waals surface area contributed by atoms with Crippen LogP contribution in [0.2, 0.25) is 0 Å². The highest BCUT2D eigenvalue weighted by molar-refractivity contribution is 5.81. The molecule has 5 nitrogen and oxygen atoms in total. The summed E-state index contributed by atoms with van der Waals surface area (Å²) in [5, 5.41) is 0. The van der Waals surface area contributed by atoms with Crippen LogP contribution in [0, 0.1) is 0 Å². The van der Waals surface area contributed by atoms with E-state index in [2.05, 4.69) is 16.7 Å². The van der Waals surface area contributed by atoms with Crippen molar-refractivity contribution < 1.29 is 14.3 Å². The fourth-order valence-electron chi connectivity index (χ4n) is 2.85. The van der Waals surface area contributed by atoms with Gasteiger partial charge < -0.3 is 14.2 Å². The summed E-state index contributed by atoms with van der Waals surface area (Å²) in [5.74, 6) is -0.350. The van der Waals surface area contributed by atoms with Gasteiger partial charge in [0.15, 0.2) is 0 Å². The number of ether oxygens (including phenoxy) is 1. The SMILES string of the molecule is CCOC(=O)CCC(=O)N(Cc1cccn1Cc1ccccc1)C(C)C. The monoisotopic (exact) mass is 356 g/mol. The van der Waals surface area contributed by atoms with Crippen LogP contribution in [0.3, 0.4) is 0 Å². The van der Waals surface area contributed by atoms with Crippen molar-refractivity contribution in [3.63, 3.8) is 0 Å². The van der Waals surface area contributed by atoms with Gasteiger partial charge in [-0.05, 0) is 38.5 Å². The average molecular weight is 356 g/mol. The first-order valence-corrected chi connectivity index (χ1v) is 9.14. The Labute approximate surface area is 155 Å². The number of carbonyl (C=O) groups excluding carboxylic acids is 2. The van der Waals surface area contributed by atoms with Crippen LogP contribution in [0.1, 0.15) is 44.9 Å². The third kappa shape index (κ3) is 5.76. The molecule has 0 saturated heterocycles. The quantitative estimate of drug-likeness (QED) is 0.645. The van der Waals surface area contributed by atoms with Gasteiger partial charge in [0.05, 0.1) is 19.6 Å². The molecule has 0 bridgehead atoms. The first-order valence-electron chi connectivity index (χ1n) is 9.14. The van der Waals surface area contributed by atoms with Crippen LogP contribution < -0.4 is 0 Å². The Morgan fingerprint density at radius 2 is 1.81 bits per heavy atom. The maximum absolute atomic E-state index is 12.6. The maximum atomic E-state index is 12.6. The third-order valence-corrected chi connectivity index (χ3v) is 4.24. The number of aromatic nitrogens is 1. The summed E-state index contributed by atoms with van der Waals surface area (Å²) in [7, 11) is 0. The minimum Gasteiger partial charge on any atom is -0.466 e. The van der Waals surface area contributed by atoms with E-state index in [0.29, 0.717) is 13.2 Å². The van der Waals surface area contributed by atoms with Gasteiger partial charge in [-0.2, -0.15) is 0 Å². The molecule has 1 amide bonds. The van der Waals surface area contributed by atoms with Crippen molar-refractivity contribution >= 4 is 11.9 Å². The van der Waals surface area contributed by atoms with E-state index in [9.17, 15) is 9.59 Å². The van der Waals surface area contributed by atoms with Crippen molar-refractivity contribution in [3.05, 3.63) is 59.9 Å². The van der Waals surface area contributed by atoms with Crippen LogP contribution in [0.25, 0.3) is 0 Å². The molecule has 0 saturated carbocycles. The fraction of sp³-hybridized carbons (Fsp3) is 0.429. The van der Waals surface area contributed by atoms with Crippen molar-refractivity contribution in [2.45, 2.75) is 52.7 Å². The Morgan fingerprint density at radius 1 is 1.08 bits per heavy atom. The number of hydrogen-bond acceptors (Lipinski definition) is 3. The van der Waals surface area contributed by atoms with E-state index in [1.54, 1.807) is 6.92 Å². The summed E-state index contributed by atoms with van der Waals surface area (Å²) >= 11 is 0. The molecule has 0 radical (unpaired) electrons. The lowest BCUT2D eigenvalue weighted by molar-refractivity contribution is -0.146. The van der Waals surface area contributed by atoms with E-state index in [4.69, 9.17) is 4.74 Å². The first-order chi connectivity index (χ1) is 12.5. The van der Waals surface area contributed by atoms with Crippen LogP contribution in [0.15, 0.2) is 48.7 Å².